The number of carbonyl (C=O) groups excluding carboxylic acids is 3. The van der Waals surface area contributed by atoms with Crippen LogP contribution in [-0.2, 0) is 9.59 Å². The Bertz CT molecular complexity index is 927. The molecular formula is C22H23N3O4. The number of hydrogen-bond acceptors (Lipinski definition) is 4. The van der Waals surface area contributed by atoms with E-state index in [2.05, 4.69) is 5.32 Å². The maximum Gasteiger partial charge on any atom is 0.253 e. The van der Waals surface area contributed by atoms with Gasteiger partial charge in [0.15, 0.2) is 0 Å². The second kappa shape index (κ2) is 7.67. The Balaban J connectivity index is 1.47. The molecule has 2 aromatic carbocycles. The number of nitrogens with zero attached hydrogens (tertiary/aromatic N) is 2. The minimum Gasteiger partial charge on any atom is -0.391 e. The van der Waals surface area contributed by atoms with Gasteiger partial charge in [-0.2, -0.15) is 0 Å². The van der Waals surface area contributed by atoms with Crippen LogP contribution in [-0.4, -0.2) is 70.4 Å². The Morgan fingerprint density at radius 1 is 1.03 bits per heavy atom. The third-order valence-electron chi connectivity index (χ3n) is 5.54. The van der Waals surface area contributed by atoms with Gasteiger partial charge in [-0.05, 0) is 30.2 Å². The van der Waals surface area contributed by atoms with Crippen molar-refractivity contribution < 1.29 is 19.5 Å². The molecule has 150 valence electrons. The van der Waals surface area contributed by atoms with Crippen LogP contribution in [0.25, 0.3) is 11.1 Å². The van der Waals surface area contributed by atoms with Gasteiger partial charge >= 0.3 is 0 Å². The lowest BCUT2D eigenvalue weighted by atomic mass is 10.00. The highest BCUT2D eigenvalue weighted by Crippen LogP contribution is 2.22. The third-order valence-corrected chi connectivity index (χ3v) is 5.54. The van der Waals surface area contributed by atoms with Crippen molar-refractivity contribution in [1.29, 1.82) is 0 Å². The first kappa shape index (κ1) is 19.1. The highest BCUT2D eigenvalue weighted by atomic mass is 16.3. The number of amides is 3. The summed E-state index contributed by atoms with van der Waals surface area (Å²) in [5.74, 6) is -0.807. The molecule has 0 aromatic heterocycles. The molecule has 2 aliphatic heterocycles. The van der Waals surface area contributed by atoms with Crippen molar-refractivity contribution >= 4 is 17.7 Å². The lowest BCUT2D eigenvalue weighted by Crippen LogP contribution is -2.71. The zero-order valence-corrected chi connectivity index (χ0v) is 16.1. The van der Waals surface area contributed by atoms with Crippen molar-refractivity contribution in [1.82, 2.24) is 15.1 Å². The van der Waals surface area contributed by atoms with E-state index in [1.54, 1.807) is 17.0 Å². The molecule has 2 heterocycles. The Morgan fingerprint density at radius 2 is 1.69 bits per heavy atom. The first-order valence-electron chi connectivity index (χ1n) is 9.69. The van der Waals surface area contributed by atoms with Crippen LogP contribution >= 0.6 is 0 Å². The number of hydrogen-bond donors (Lipinski definition) is 2. The molecule has 2 N–H and O–H groups in total. The molecule has 3 amide bonds. The standard InChI is InChI=1S/C22H23N3O4/c1-14(26)19-22(29)25-12-11-24(13-18(25)20(27)23-19)21(28)17-9-7-16(8-10-17)15-5-3-2-4-6-15/h2-10,14,18-19,26H,11-13H2,1H3,(H,23,27)/t14-,18+,19+/m0/s1. The van der Waals surface area contributed by atoms with E-state index in [9.17, 15) is 19.5 Å². The van der Waals surface area contributed by atoms with Crippen LogP contribution in [0.1, 0.15) is 17.3 Å². The average Bonchev–Trinajstić information content (AvgIpc) is 2.76. The molecule has 0 aliphatic carbocycles. The number of aliphatic hydroxyl groups excluding tert-OH is 1. The number of piperazine rings is 2. The number of nitrogens with one attached hydrogen (secondary N) is 1. The molecule has 2 aliphatic rings. The van der Waals surface area contributed by atoms with E-state index in [0.29, 0.717) is 12.1 Å². The fourth-order valence-electron chi connectivity index (χ4n) is 3.89. The summed E-state index contributed by atoms with van der Waals surface area (Å²) in [6.45, 7) is 2.24. The summed E-state index contributed by atoms with van der Waals surface area (Å²) in [6, 6.07) is 15.6. The van der Waals surface area contributed by atoms with Crippen molar-refractivity contribution in [2.45, 2.75) is 25.1 Å². The van der Waals surface area contributed by atoms with Crippen LogP contribution in [0.4, 0.5) is 0 Å². The van der Waals surface area contributed by atoms with Crippen molar-refractivity contribution in [3.63, 3.8) is 0 Å². The Hall–Kier alpha value is -3.19. The summed E-state index contributed by atoms with van der Waals surface area (Å²) in [6.07, 6.45) is -0.963. The zero-order chi connectivity index (χ0) is 20.5. The molecule has 0 radical (unpaired) electrons. The molecule has 3 atom stereocenters. The van der Waals surface area contributed by atoms with Gasteiger partial charge in [0, 0.05) is 18.7 Å². The number of aliphatic hydroxyl groups is 1. The fraction of sp³-hybridized carbons (Fsp3) is 0.318. The first-order chi connectivity index (χ1) is 14.0. The van der Waals surface area contributed by atoms with Gasteiger partial charge in [0.2, 0.25) is 11.8 Å². The summed E-state index contributed by atoms with van der Waals surface area (Å²) in [4.78, 5) is 41.0. The molecule has 0 saturated carbocycles. The largest absolute Gasteiger partial charge is 0.391 e. The Kier molecular flexibility index (Phi) is 5.07. The monoisotopic (exact) mass is 393 g/mol. The number of carbonyl (C=O) groups is 3. The smallest absolute Gasteiger partial charge is 0.253 e. The van der Waals surface area contributed by atoms with Crippen LogP contribution in [0.3, 0.4) is 0 Å². The van der Waals surface area contributed by atoms with Crippen LogP contribution in [0.5, 0.6) is 0 Å². The topological polar surface area (TPSA) is 89.9 Å². The lowest BCUT2D eigenvalue weighted by Gasteiger charge is -2.45. The predicted molar refractivity (Wildman–Crippen MR) is 107 cm³/mol. The minimum absolute atomic E-state index is 0.142. The molecule has 2 aromatic rings. The van der Waals surface area contributed by atoms with Crippen molar-refractivity contribution in [2.24, 2.45) is 0 Å². The van der Waals surface area contributed by atoms with E-state index in [-0.39, 0.29) is 30.8 Å². The normalized spacial score (nSPS) is 22.7. The van der Waals surface area contributed by atoms with E-state index >= 15 is 0 Å². The molecule has 0 unspecified atom stereocenters. The van der Waals surface area contributed by atoms with Crippen molar-refractivity contribution in [3.05, 3.63) is 60.2 Å². The summed E-state index contributed by atoms with van der Waals surface area (Å²) in [5, 5.41) is 12.3. The highest BCUT2D eigenvalue weighted by Gasteiger charge is 2.45. The molecular weight excluding hydrogens is 370 g/mol. The molecule has 2 saturated heterocycles. The third kappa shape index (κ3) is 3.61. The van der Waals surface area contributed by atoms with E-state index in [0.717, 1.165) is 11.1 Å². The maximum atomic E-state index is 12.9. The highest BCUT2D eigenvalue weighted by molar-refractivity contribution is 5.99. The molecule has 7 nitrogen and oxygen atoms in total. The van der Waals surface area contributed by atoms with E-state index < -0.39 is 18.2 Å². The Morgan fingerprint density at radius 3 is 2.34 bits per heavy atom. The summed E-state index contributed by atoms with van der Waals surface area (Å²) < 4.78 is 0. The summed E-state index contributed by atoms with van der Waals surface area (Å²) in [5.41, 5.74) is 2.64. The fourth-order valence-corrected chi connectivity index (χ4v) is 3.89. The molecule has 0 bridgehead atoms. The predicted octanol–water partition coefficient (Wildman–Crippen LogP) is 0.886. The van der Waals surface area contributed by atoms with Gasteiger partial charge in [-0.25, -0.2) is 0 Å². The maximum absolute atomic E-state index is 12.9. The summed E-state index contributed by atoms with van der Waals surface area (Å²) in [7, 11) is 0. The molecule has 7 heteroatoms. The van der Waals surface area contributed by atoms with Gasteiger partial charge in [-0.3, -0.25) is 14.4 Å². The van der Waals surface area contributed by atoms with Crippen LogP contribution in [0, 0.1) is 0 Å². The molecule has 29 heavy (non-hydrogen) atoms. The van der Waals surface area contributed by atoms with Gasteiger partial charge in [-0.15, -0.1) is 0 Å². The number of benzene rings is 2. The minimum atomic E-state index is -0.963. The number of rotatable bonds is 3. The number of fused-ring (bicyclic) bond motifs is 1. The van der Waals surface area contributed by atoms with Gasteiger partial charge in [0.25, 0.3) is 5.91 Å². The summed E-state index contributed by atoms with van der Waals surface area (Å²) >= 11 is 0. The van der Waals surface area contributed by atoms with Crippen molar-refractivity contribution in [3.8, 4) is 11.1 Å². The van der Waals surface area contributed by atoms with E-state index in [1.807, 2.05) is 42.5 Å². The van der Waals surface area contributed by atoms with Crippen LogP contribution in [0.2, 0.25) is 0 Å². The van der Waals surface area contributed by atoms with E-state index in [1.165, 1.54) is 11.8 Å². The lowest BCUT2D eigenvalue weighted by molar-refractivity contribution is -0.155. The molecule has 2 fully saturated rings. The average molecular weight is 393 g/mol. The van der Waals surface area contributed by atoms with Crippen LogP contribution in [0.15, 0.2) is 54.6 Å². The SMILES string of the molecule is C[C@H](O)[C@H]1NC(=O)[C@H]2CN(C(=O)c3ccc(-c4ccccc4)cc3)CCN2C1=O. The quantitative estimate of drug-likeness (QED) is 0.810. The van der Waals surface area contributed by atoms with E-state index in [4.69, 9.17) is 0 Å². The van der Waals surface area contributed by atoms with Gasteiger partial charge in [0.1, 0.15) is 12.1 Å². The molecule has 0 spiro atoms. The van der Waals surface area contributed by atoms with Crippen molar-refractivity contribution in [2.75, 3.05) is 19.6 Å². The second-order valence-electron chi connectivity index (χ2n) is 7.47. The first-order valence-corrected chi connectivity index (χ1v) is 9.69. The van der Waals surface area contributed by atoms with Gasteiger partial charge in [0.05, 0.1) is 12.6 Å². The second-order valence-corrected chi connectivity index (χ2v) is 7.47. The van der Waals surface area contributed by atoms with Crippen LogP contribution < -0.4 is 5.32 Å². The Labute approximate surface area is 168 Å². The van der Waals surface area contributed by atoms with Gasteiger partial charge in [-0.1, -0.05) is 42.5 Å². The molecule has 4 rings (SSSR count). The zero-order valence-electron chi connectivity index (χ0n) is 16.1. The van der Waals surface area contributed by atoms with Gasteiger partial charge < -0.3 is 20.2 Å².